The molecule has 2 rings (SSSR count). The standard InChI is InChI=1S/C14H17N3O2S/c1-14(2,13-16-4-5-20-13)17-12(18)9-6-10(15)8-11(7-9)19-3/h4-8H,15H2,1-3H3,(H,17,18). The summed E-state index contributed by atoms with van der Waals surface area (Å²) in [5, 5.41) is 5.68. The molecule has 0 aliphatic rings. The third-order valence-electron chi connectivity index (χ3n) is 2.82. The summed E-state index contributed by atoms with van der Waals surface area (Å²) in [7, 11) is 1.54. The molecular formula is C14H17N3O2S. The van der Waals surface area contributed by atoms with Crippen LogP contribution < -0.4 is 15.8 Å². The number of nitrogen functional groups attached to an aromatic ring is 1. The van der Waals surface area contributed by atoms with Crippen molar-refractivity contribution < 1.29 is 9.53 Å². The van der Waals surface area contributed by atoms with E-state index in [1.54, 1.807) is 24.4 Å². The first-order valence-electron chi connectivity index (χ1n) is 6.09. The predicted molar refractivity (Wildman–Crippen MR) is 80.0 cm³/mol. The van der Waals surface area contributed by atoms with Gasteiger partial charge in [-0.15, -0.1) is 11.3 Å². The lowest BCUT2D eigenvalue weighted by Gasteiger charge is -2.24. The number of thiazole rings is 1. The molecule has 106 valence electrons. The number of hydrogen-bond acceptors (Lipinski definition) is 5. The van der Waals surface area contributed by atoms with E-state index < -0.39 is 5.54 Å². The van der Waals surface area contributed by atoms with Crippen molar-refractivity contribution in [2.24, 2.45) is 0 Å². The summed E-state index contributed by atoms with van der Waals surface area (Å²) in [6.45, 7) is 3.82. The highest BCUT2D eigenvalue weighted by Crippen LogP contribution is 2.24. The van der Waals surface area contributed by atoms with E-state index in [1.807, 2.05) is 19.2 Å². The van der Waals surface area contributed by atoms with Crippen molar-refractivity contribution in [1.82, 2.24) is 10.3 Å². The number of nitrogens with two attached hydrogens (primary N) is 1. The Morgan fingerprint density at radius 3 is 2.75 bits per heavy atom. The van der Waals surface area contributed by atoms with Crippen molar-refractivity contribution in [3.8, 4) is 5.75 Å². The van der Waals surface area contributed by atoms with Gasteiger partial charge in [0.2, 0.25) is 0 Å². The first-order valence-corrected chi connectivity index (χ1v) is 6.97. The lowest BCUT2D eigenvalue weighted by Crippen LogP contribution is -2.40. The number of carbonyl (C=O) groups excluding carboxylic acids is 1. The topological polar surface area (TPSA) is 77.2 Å². The molecule has 0 unspecified atom stereocenters. The summed E-state index contributed by atoms with van der Waals surface area (Å²) in [6, 6.07) is 4.95. The van der Waals surface area contributed by atoms with Crippen LogP contribution in [0.3, 0.4) is 0 Å². The molecule has 6 heteroatoms. The van der Waals surface area contributed by atoms with Crippen LogP contribution in [0.25, 0.3) is 0 Å². The van der Waals surface area contributed by atoms with Crippen molar-refractivity contribution in [3.63, 3.8) is 0 Å². The molecule has 0 atom stereocenters. The van der Waals surface area contributed by atoms with Crippen LogP contribution in [0.2, 0.25) is 0 Å². The Morgan fingerprint density at radius 1 is 1.40 bits per heavy atom. The van der Waals surface area contributed by atoms with Crippen molar-refractivity contribution in [2.75, 3.05) is 12.8 Å². The van der Waals surface area contributed by atoms with Crippen molar-refractivity contribution in [1.29, 1.82) is 0 Å². The Balaban J connectivity index is 2.22. The van der Waals surface area contributed by atoms with Gasteiger partial charge in [-0.05, 0) is 26.0 Å². The van der Waals surface area contributed by atoms with Crippen molar-refractivity contribution in [2.45, 2.75) is 19.4 Å². The second-order valence-electron chi connectivity index (χ2n) is 4.91. The fourth-order valence-electron chi connectivity index (χ4n) is 1.81. The number of amides is 1. The van der Waals surface area contributed by atoms with Gasteiger partial charge in [0.15, 0.2) is 0 Å². The first-order chi connectivity index (χ1) is 9.42. The molecule has 0 radical (unpaired) electrons. The van der Waals surface area contributed by atoms with Gasteiger partial charge in [0.1, 0.15) is 10.8 Å². The molecule has 20 heavy (non-hydrogen) atoms. The van der Waals surface area contributed by atoms with E-state index in [9.17, 15) is 4.79 Å². The number of nitrogens with one attached hydrogen (secondary N) is 1. The third kappa shape index (κ3) is 3.08. The van der Waals surface area contributed by atoms with E-state index in [-0.39, 0.29) is 5.91 Å². The molecule has 0 spiro atoms. The van der Waals surface area contributed by atoms with Crippen LogP contribution in [-0.4, -0.2) is 18.0 Å². The maximum Gasteiger partial charge on any atom is 0.252 e. The molecule has 0 aliphatic carbocycles. The van der Waals surface area contributed by atoms with E-state index in [1.165, 1.54) is 18.4 Å². The Hall–Kier alpha value is -2.08. The summed E-state index contributed by atoms with van der Waals surface area (Å²) in [5.41, 5.74) is 6.17. The van der Waals surface area contributed by atoms with Crippen LogP contribution in [0.4, 0.5) is 5.69 Å². The van der Waals surface area contributed by atoms with E-state index in [2.05, 4.69) is 10.3 Å². The van der Waals surface area contributed by atoms with Gasteiger partial charge in [-0.25, -0.2) is 4.98 Å². The minimum Gasteiger partial charge on any atom is -0.497 e. The second-order valence-corrected chi connectivity index (χ2v) is 5.81. The van der Waals surface area contributed by atoms with Crippen LogP contribution in [0.1, 0.15) is 29.2 Å². The third-order valence-corrected chi connectivity index (χ3v) is 3.92. The van der Waals surface area contributed by atoms with Gasteiger partial charge in [0.05, 0.1) is 12.6 Å². The molecule has 1 aromatic heterocycles. The number of hydrogen-bond donors (Lipinski definition) is 2. The molecule has 0 bridgehead atoms. The molecular weight excluding hydrogens is 274 g/mol. The Kier molecular flexibility index (Phi) is 3.94. The van der Waals surface area contributed by atoms with E-state index >= 15 is 0 Å². The summed E-state index contributed by atoms with van der Waals surface area (Å²) >= 11 is 1.50. The fourth-order valence-corrected chi connectivity index (χ4v) is 2.53. The minimum atomic E-state index is -0.539. The van der Waals surface area contributed by atoms with Gasteiger partial charge in [-0.3, -0.25) is 4.79 Å². The number of methoxy groups -OCH3 is 1. The smallest absolute Gasteiger partial charge is 0.252 e. The van der Waals surface area contributed by atoms with E-state index in [0.717, 1.165) is 5.01 Å². The van der Waals surface area contributed by atoms with Gasteiger partial charge < -0.3 is 15.8 Å². The monoisotopic (exact) mass is 291 g/mol. The summed E-state index contributed by atoms with van der Waals surface area (Å²) in [4.78, 5) is 16.6. The van der Waals surface area contributed by atoms with Crippen LogP contribution in [0.15, 0.2) is 29.8 Å². The minimum absolute atomic E-state index is 0.212. The zero-order valence-corrected chi connectivity index (χ0v) is 12.5. The van der Waals surface area contributed by atoms with Gasteiger partial charge in [0.25, 0.3) is 5.91 Å². The van der Waals surface area contributed by atoms with Gasteiger partial charge in [0, 0.05) is 28.9 Å². The van der Waals surface area contributed by atoms with Gasteiger partial charge >= 0.3 is 0 Å². The lowest BCUT2D eigenvalue weighted by molar-refractivity contribution is 0.0911. The Bertz CT molecular complexity index is 609. The summed E-state index contributed by atoms with van der Waals surface area (Å²) in [6.07, 6.45) is 1.72. The average molecular weight is 291 g/mol. The summed E-state index contributed by atoms with van der Waals surface area (Å²) in [5.74, 6) is 0.345. The number of aromatic nitrogens is 1. The molecule has 1 aromatic carbocycles. The maximum absolute atomic E-state index is 12.3. The molecule has 0 saturated heterocycles. The van der Waals surface area contributed by atoms with Gasteiger partial charge in [-0.2, -0.15) is 0 Å². The first kappa shape index (κ1) is 14.3. The molecule has 1 heterocycles. The number of rotatable bonds is 4. The zero-order valence-electron chi connectivity index (χ0n) is 11.6. The SMILES string of the molecule is COc1cc(N)cc(C(=O)NC(C)(C)c2nccs2)c1. The molecule has 5 nitrogen and oxygen atoms in total. The van der Waals surface area contributed by atoms with Crippen molar-refractivity contribution >= 4 is 22.9 Å². The maximum atomic E-state index is 12.3. The molecule has 1 amide bonds. The van der Waals surface area contributed by atoms with Crippen LogP contribution in [0, 0.1) is 0 Å². The molecule has 0 fully saturated rings. The van der Waals surface area contributed by atoms with Crippen LogP contribution in [-0.2, 0) is 5.54 Å². The molecule has 0 aliphatic heterocycles. The van der Waals surface area contributed by atoms with E-state index in [0.29, 0.717) is 17.0 Å². The number of ether oxygens (including phenoxy) is 1. The summed E-state index contributed by atoms with van der Waals surface area (Å²) < 4.78 is 5.12. The normalized spacial score (nSPS) is 11.2. The molecule has 2 aromatic rings. The number of benzene rings is 1. The Labute approximate surface area is 121 Å². The second kappa shape index (κ2) is 5.50. The highest BCUT2D eigenvalue weighted by molar-refractivity contribution is 7.09. The Morgan fingerprint density at radius 2 is 2.15 bits per heavy atom. The predicted octanol–water partition coefficient (Wildman–Crippen LogP) is 2.40. The molecule has 0 saturated carbocycles. The molecule has 3 N–H and O–H groups in total. The number of carbonyl (C=O) groups is 1. The fraction of sp³-hybridized carbons (Fsp3) is 0.286. The van der Waals surface area contributed by atoms with E-state index in [4.69, 9.17) is 10.5 Å². The van der Waals surface area contributed by atoms with Gasteiger partial charge in [-0.1, -0.05) is 0 Å². The largest absolute Gasteiger partial charge is 0.497 e. The lowest BCUT2D eigenvalue weighted by atomic mass is 10.1. The number of anilines is 1. The van der Waals surface area contributed by atoms with Crippen LogP contribution >= 0.6 is 11.3 Å². The highest BCUT2D eigenvalue weighted by atomic mass is 32.1. The van der Waals surface area contributed by atoms with Crippen molar-refractivity contribution in [3.05, 3.63) is 40.3 Å². The quantitative estimate of drug-likeness (QED) is 0.848. The zero-order chi connectivity index (χ0) is 14.8. The number of nitrogens with zero attached hydrogens (tertiary/aromatic N) is 1. The highest BCUT2D eigenvalue weighted by Gasteiger charge is 2.26. The van der Waals surface area contributed by atoms with Crippen LogP contribution in [0.5, 0.6) is 5.75 Å². The average Bonchev–Trinajstić information content (AvgIpc) is 2.92.